The monoisotopic (exact) mass is 349 g/mol. The van der Waals surface area contributed by atoms with Crippen molar-refractivity contribution in [1.82, 2.24) is 0 Å². The first kappa shape index (κ1) is 17.4. The van der Waals surface area contributed by atoms with E-state index in [0.717, 1.165) is 5.56 Å². The number of nitrogen functional groups attached to an aromatic ring is 1. The first-order valence-electron chi connectivity index (χ1n) is 8.08. The van der Waals surface area contributed by atoms with Crippen LogP contribution in [0.2, 0.25) is 0 Å². The molecule has 0 bridgehead atoms. The summed E-state index contributed by atoms with van der Waals surface area (Å²) < 4.78 is 16.4. The van der Waals surface area contributed by atoms with Crippen molar-refractivity contribution in [2.24, 2.45) is 0 Å². The number of anilines is 1. The summed E-state index contributed by atoms with van der Waals surface area (Å²) in [6.45, 7) is 0.458. The Morgan fingerprint density at radius 2 is 1.69 bits per heavy atom. The van der Waals surface area contributed by atoms with Crippen molar-refractivity contribution in [2.45, 2.75) is 6.61 Å². The molecular formula is C21H19NO4. The highest BCUT2D eigenvalue weighted by Gasteiger charge is 2.14. The van der Waals surface area contributed by atoms with Crippen molar-refractivity contribution in [3.63, 3.8) is 0 Å². The summed E-state index contributed by atoms with van der Waals surface area (Å²) in [4.78, 5) is 11.9. The molecule has 0 saturated heterocycles. The number of hydrogen-bond acceptors (Lipinski definition) is 5. The Hall–Kier alpha value is -3.47. The molecule has 26 heavy (non-hydrogen) atoms. The van der Waals surface area contributed by atoms with Crippen molar-refractivity contribution in [3.8, 4) is 17.2 Å². The van der Waals surface area contributed by atoms with E-state index in [2.05, 4.69) is 0 Å². The predicted octanol–water partition coefficient (Wildman–Crippen LogP) is 4.43. The van der Waals surface area contributed by atoms with Crippen LogP contribution >= 0.6 is 0 Å². The van der Waals surface area contributed by atoms with E-state index in [1.54, 1.807) is 24.3 Å². The van der Waals surface area contributed by atoms with Crippen molar-refractivity contribution in [2.75, 3.05) is 12.8 Å². The highest BCUT2D eigenvalue weighted by atomic mass is 16.5. The largest absolute Gasteiger partial charge is 0.489 e. The molecule has 0 amide bonds. The normalized spacial score (nSPS) is 10.2. The van der Waals surface area contributed by atoms with E-state index in [4.69, 9.17) is 19.9 Å². The summed E-state index contributed by atoms with van der Waals surface area (Å²) in [5, 5.41) is 0. The third-order valence-corrected chi connectivity index (χ3v) is 3.69. The van der Waals surface area contributed by atoms with Crippen LogP contribution in [-0.2, 0) is 11.3 Å². The van der Waals surface area contributed by atoms with Gasteiger partial charge < -0.3 is 19.9 Å². The Bertz CT molecular complexity index is 894. The van der Waals surface area contributed by atoms with Gasteiger partial charge >= 0.3 is 5.97 Å². The van der Waals surface area contributed by atoms with E-state index in [-0.39, 0.29) is 5.56 Å². The molecule has 0 heterocycles. The van der Waals surface area contributed by atoms with Gasteiger partial charge in [0.05, 0.1) is 7.11 Å². The molecule has 132 valence electrons. The molecule has 2 N–H and O–H groups in total. The van der Waals surface area contributed by atoms with Crippen LogP contribution in [0.3, 0.4) is 0 Å². The summed E-state index contributed by atoms with van der Waals surface area (Å²) in [6, 6.07) is 21.9. The number of ether oxygens (including phenoxy) is 3. The minimum Gasteiger partial charge on any atom is -0.489 e. The second kappa shape index (κ2) is 8.07. The molecule has 0 spiro atoms. The lowest BCUT2D eigenvalue weighted by Crippen LogP contribution is -2.04. The standard InChI is InChI=1S/C21H19NO4/c1-24-21(23)19-12-16(22)10-11-20(19)26-18-9-5-8-17(13-18)25-14-15-6-3-2-4-7-15/h2-13H,14,22H2,1H3. The molecule has 5 heteroatoms. The molecular weight excluding hydrogens is 330 g/mol. The van der Waals surface area contributed by atoms with Crippen LogP contribution in [0.4, 0.5) is 5.69 Å². The third-order valence-electron chi connectivity index (χ3n) is 3.69. The first-order chi connectivity index (χ1) is 12.7. The fourth-order valence-corrected chi connectivity index (χ4v) is 2.40. The van der Waals surface area contributed by atoms with Gasteiger partial charge in [-0.2, -0.15) is 0 Å². The van der Waals surface area contributed by atoms with Gasteiger partial charge in [-0.05, 0) is 35.9 Å². The van der Waals surface area contributed by atoms with E-state index in [0.29, 0.717) is 29.5 Å². The maximum atomic E-state index is 11.9. The number of rotatable bonds is 6. The van der Waals surface area contributed by atoms with Gasteiger partial charge in [0.15, 0.2) is 0 Å². The minimum atomic E-state index is -0.510. The second-order valence-electron chi connectivity index (χ2n) is 5.60. The maximum Gasteiger partial charge on any atom is 0.341 e. The quantitative estimate of drug-likeness (QED) is 0.527. The second-order valence-corrected chi connectivity index (χ2v) is 5.60. The Balaban J connectivity index is 1.76. The van der Waals surface area contributed by atoms with Crippen LogP contribution in [0, 0.1) is 0 Å². The van der Waals surface area contributed by atoms with Crippen LogP contribution in [0.5, 0.6) is 17.2 Å². The highest BCUT2D eigenvalue weighted by Crippen LogP contribution is 2.30. The topological polar surface area (TPSA) is 70.8 Å². The average Bonchev–Trinajstić information content (AvgIpc) is 2.68. The summed E-state index contributed by atoms with van der Waals surface area (Å²) in [5.41, 5.74) is 7.55. The number of methoxy groups -OCH3 is 1. The fraction of sp³-hybridized carbons (Fsp3) is 0.0952. The number of esters is 1. The first-order valence-corrected chi connectivity index (χ1v) is 8.08. The molecule has 0 radical (unpaired) electrons. The van der Waals surface area contributed by atoms with Gasteiger partial charge in [0.2, 0.25) is 0 Å². The van der Waals surface area contributed by atoms with E-state index < -0.39 is 5.97 Å². The van der Waals surface area contributed by atoms with Gasteiger partial charge in [0.25, 0.3) is 0 Å². The zero-order valence-corrected chi connectivity index (χ0v) is 14.3. The summed E-state index contributed by atoms with van der Waals surface area (Å²) in [7, 11) is 1.31. The van der Waals surface area contributed by atoms with Crippen molar-refractivity contribution < 1.29 is 19.0 Å². The predicted molar refractivity (Wildman–Crippen MR) is 99.5 cm³/mol. The zero-order chi connectivity index (χ0) is 18.4. The lowest BCUT2D eigenvalue weighted by atomic mass is 10.2. The van der Waals surface area contributed by atoms with Crippen LogP contribution in [0.1, 0.15) is 15.9 Å². The SMILES string of the molecule is COC(=O)c1cc(N)ccc1Oc1cccc(OCc2ccccc2)c1. The van der Waals surface area contributed by atoms with Gasteiger partial charge in [0, 0.05) is 11.8 Å². The Labute approximate surface area is 151 Å². The van der Waals surface area contributed by atoms with Crippen molar-refractivity contribution in [1.29, 1.82) is 0 Å². The Morgan fingerprint density at radius 1 is 0.923 bits per heavy atom. The maximum absolute atomic E-state index is 11.9. The molecule has 5 nitrogen and oxygen atoms in total. The van der Waals surface area contributed by atoms with E-state index in [1.807, 2.05) is 42.5 Å². The van der Waals surface area contributed by atoms with Crippen LogP contribution in [0.25, 0.3) is 0 Å². The Morgan fingerprint density at radius 3 is 2.46 bits per heavy atom. The smallest absolute Gasteiger partial charge is 0.341 e. The zero-order valence-electron chi connectivity index (χ0n) is 14.3. The molecule has 3 aromatic rings. The van der Waals surface area contributed by atoms with Gasteiger partial charge in [-0.15, -0.1) is 0 Å². The molecule has 0 atom stereocenters. The number of nitrogens with two attached hydrogens (primary N) is 1. The molecule has 3 rings (SSSR count). The summed E-state index contributed by atoms with van der Waals surface area (Å²) in [5.74, 6) is 1.07. The Kier molecular flexibility index (Phi) is 5.39. The minimum absolute atomic E-state index is 0.267. The van der Waals surface area contributed by atoms with E-state index >= 15 is 0 Å². The molecule has 0 aliphatic carbocycles. The van der Waals surface area contributed by atoms with Crippen LogP contribution in [-0.4, -0.2) is 13.1 Å². The van der Waals surface area contributed by atoms with Gasteiger partial charge in [-0.3, -0.25) is 0 Å². The van der Waals surface area contributed by atoms with Gasteiger partial charge in [-0.1, -0.05) is 36.4 Å². The number of benzene rings is 3. The molecule has 0 aliphatic rings. The molecule has 0 unspecified atom stereocenters. The van der Waals surface area contributed by atoms with Gasteiger partial charge in [-0.25, -0.2) is 4.79 Å². The lowest BCUT2D eigenvalue weighted by molar-refractivity contribution is 0.0598. The van der Waals surface area contributed by atoms with Gasteiger partial charge in [0.1, 0.15) is 29.4 Å². The van der Waals surface area contributed by atoms with Crippen molar-refractivity contribution in [3.05, 3.63) is 83.9 Å². The van der Waals surface area contributed by atoms with Crippen LogP contribution < -0.4 is 15.2 Å². The lowest BCUT2D eigenvalue weighted by Gasteiger charge is -2.12. The molecule has 3 aromatic carbocycles. The molecule has 0 aromatic heterocycles. The highest BCUT2D eigenvalue weighted by molar-refractivity contribution is 5.93. The van der Waals surface area contributed by atoms with E-state index in [1.165, 1.54) is 13.2 Å². The fourth-order valence-electron chi connectivity index (χ4n) is 2.40. The average molecular weight is 349 g/mol. The summed E-state index contributed by atoms with van der Waals surface area (Å²) in [6.07, 6.45) is 0. The third kappa shape index (κ3) is 4.33. The molecule has 0 aliphatic heterocycles. The number of hydrogen-bond donors (Lipinski definition) is 1. The number of carbonyl (C=O) groups is 1. The molecule has 0 fully saturated rings. The van der Waals surface area contributed by atoms with Crippen LogP contribution in [0.15, 0.2) is 72.8 Å². The van der Waals surface area contributed by atoms with E-state index in [9.17, 15) is 4.79 Å². The summed E-state index contributed by atoms with van der Waals surface area (Å²) >= 11 is 0. The van der Waals surface area contributed by atoms with Crippen molar-refractivity contribution >= 4 is 11.7 Å². The molecule has 0 saturated carbocycles. The number of carbonyl (C=O) groups excluding carboxylic acids is 1.